The van der Waals surface area contributed by atoms with Gasteiger partial charge < -0.3 is 4.74 Å². The van der Waals surface area contributed by atoms with Crippen molar-refractivity contribution in [3.8, 4) is 5.75 Å². The number of fused-ring (bicyclic) bond motifs is 1. The van der Waals surface area contributed by atoms with Gasteiger partial charge in [-0.3, -0.25) is 29.3 Å². The Morgan fingerprint density at radius 3 is 2.43 bits per heavy atom. The summed E-state index contributed by atoms with van der Waals surface area (Å²) in [5.74, 6) is -3.22. The average Bonchev–Trinajstić information content (AvgIpc) is 3.12. The first kappa shape index (κ1) is 23.6. The fourth-order valence-corrected chi connectivity index (χ4v) is 3.87. The summed E-state index contributed by atoms with van der Waals surface area (Å²) in [6.07, 6.45) is 0. The lowest BCUT2D eigenvalue weighted by atomic mass is 10.1. The van der Waals surface area contributed by atoms with Crippen LogP contribution in [0.25, 0.3) is 0 Å². The lowest BCUT2D eigenvalue weighted by molar-refractivity contribution is -0.385. The van der Waals surface area contributed by atoms with Gasteiger partial charge in [0.05, 0.1) is 28.2 Å². The fourth-order valence-electron chi connectivity index (χ4n) is 3.66. The lowest BCUT2D eigenvalue weighted by Crippen LogP contribution is -2.51. The van der Waals surface area contributed by atoms with Gasteiger partial charge in [0.1, 0.15) is 17.9 Å². The molecule has 3 aromatic carbocycles. The molecular formula is C24H16ClN3O7. The monoisotopic (exact) mass is 493 g/mol. The summed E-state index contributed by atoms with van der Waals surface area (Å²) in [5, 5.41) is 12.6. The third kappa shape index (κ3) is 4.22. The van der Waals surface area contributed by atoms with Crippen molar-refractivity contribution in [1.82, 2.24) is 10.0 Å². The SMILES string of the molecule is COc1cccc(C(=O)CN(C(=O)c2ccccc2Cl)N2C(=O)c3cccc([N+](=O)[O-])c3C2=O)c1. The van der Waals surface area contributed by atoms with Crippen molar-refractivity contribution in [1.29, 1.82) is 0 Å². The second-order valence-corrected chi connectivity index (χ2v) is 7.78. The topological polar surface area (TPSA) is 127 Å². The van der Waals surface area contributed by atoms with Gasteiger partial charge in [0, 0.05) is 11.6 Å². The predicted molar refractivity (Wildman–Crippen MR) is 123 cm³/mol. The Kier molecular flexibility index (Phi) is 6.30. The zero-order valence-corrected chi connectivity index (χ0v) is 18.9. The summed E-state index contributed by atoms with van der Waals surface area (Å²) in [4.78, 5) is 63.7. The molecule has 3 aromatic rings. The molecule has 0 radical (unpaired) electrons. The van der Waals surface area contributed by atoms with E-state index in [0.29, 0.717) is 15.8 Å². The Labute approximate surface area is 203 Å². The van der Waals surface area contributed by atoms with Crippen molar-refractivity contribution in [2.24, 2.45) is 0 Å². The number of Topliss-reactive ketones (excluding diaryl/α,β-unsaturated/α-hetero) is 1. The van der Waals surface area contributed by atoms with E-state index in [-0.39, 0.29) is 21.7 Å². The van der Waals surface area contributed by atoms with Crippen LogP contribution in [0.5, 0.6) is 5.75 Å². The van der Waals surface area contributed by atoms with E-state index in [4.69, 9.17) is 16.3 Å². The van der Waals surface area contributed by atoms with Crippen molar-refractivity contribution in [2.45, 2.75) is 0 Å². The quantitative estimate of drug-likeness (QED) is 0.212. The molecule has 4 rings (SSSR count). The molecule has 0 spiro atoms. The van der Waals surface area contributed by atoms with Crippen LogP contribution in [-0.2, 0) is 0 Å². The maximum atomic E-state index is 13.5. The van der Waals surface area contributed by atoms with Crippen LogP contribution in [0.15, 0.2) is 66.7 Å². The smallest absolute Gasteiger partial charge is 0.287 e. The molecular weight excluding hydrogens is 478 g/mol. The molecule has 0 aromatic heterocycles. The molecule has 35 heavy (non-hydrogen) atoms. The minimum absolute atomic E-state index is 0.0268. The number of carbonyl (C=O) groups excluding carboxylic acids is 4. The van der Waals surface area contributed by atoms with Crippen LogP contribution in [0.4, 0.5) is 5.69 Å². The number of carbonyl (C=O) groups is 4. The van der Waals surface area contributed by atoms with Crippen LogP contribution in [0.3, 0.4) is 0 Å². The number of ketones is 1. The zero-order valence-electron chi connectivity index (χ0n) is 18.1. The number of nitro groups is 1. The van der Waals surface area contributed by atoms with Gasteiger partial charge in [0.25, 0.3) is 23.4 Å². The molecule has 11 heteroatoms. The molecule has 1 heterocycles. The van der Waals surface area contributed by atoms with E-state index >= 15 is 0 Å². The number of imide groups is 1. The largest absolute Gasteiger partial charge is 0.497 e. The molecule has 0 saturated heterocycles. The first-order valence-corrected chi connectivity index (χ1v) is 10.5. The lowest BCUT2D eigenvalue weighted by Gasteiger charge is -2.29. The van der Waals surface area contributed by atoms with E-state index in [2.05, 4.69) is 0 Å². The summed E-state index contributed by atoms with van der Waals surface area (Å²) in [6, 6.07) is 15.6. The molecule has 0 bridgehead atoms. The minimum atomic E-state index is -1.10. The highest BCUT2D eigenvalue weighted by Gasteiger charge is 2.46. The Balaban J connectivity index is 1.79. The molecule has 0 aliphatic carbocycles. The van der Waals surface area contributed by atoms with Gasteiger partial charge in [0.2, 0.25) is 0 Å². The zero-order chi connectivity index (χ0) is 25.3. The van der Waals surface area contributed by atoms with Crippen LogP contribution in [0.1, 0.15) is 41.4 Å². The number of hydrogen-bond donors (Lipinski definition) is 0. The van der Waals surface area contributed by atoms with Gasteiger partial charge in [-0.05, 0) is 30.3 Å². The number of nitro benzene ring substituents is 1. The average molecular weight is 494 g/mol. The summed E-state index contributed by atoms with van der Waals surface area (Å²) >= 11 is 6.17. The second kappa shape index (κ2) is 9.35. The minimum Gasteiger partial charge on any atom is -0.497 e. The standard InChI is InChI=1S/C24H16ClN3O7/c1-35-15-7-4-6-14(12-15)20(29)13-26(22(30)16-8-2-3-10-18(16)25)27-23(31)17-9-5-11-19(28(33)34)21(17)24(27)32/h2-12H,13H2,1H3. The van der Waals surface area contributed by atoms with Crippen molar-refractivity contribution in [3.05, 3.63) is 104 Å². The van der Waals surface area contributed by atoms with Gasteiger partial charge in [0.15, 0.2) is 5.78 Å². The van der Waals surface area contributed by atoms with Gasteiger partial charge in [-0.25, -0.2) is 5.01 Å². The molecule has 1 aliphatic heterocycles. The van der Waals surface area contributed by atoms with E-state index < -0.39 is 46.2 Å². The number of hydrogen-bond acceptors (Lipinski definition) is 7. The van der Waals surface area contributed by atoms with Crippen molar-refractivity contribution in [3.63, 3.8) is 0 Å². The van der Waals surface area contributed by atoms with Crippen molar-refractivity contribution >= 4 is 40.8 Å². The first-order valence-electron chi connectivity index (χ1n) is 10.1. The molecule has 0 fully saturated rings. The molecule has 0 unspecified atom stereocenters. The Morgan fingerprint density at radius 1 is 1.03 bits per heavy atom. The number of hydrazine groups is 1. The third-order valence-corrected chi connectivity index (χ3v) is 5.66. The molecule has 1 aliphatic rings. The number of nitrogens with zero attached hydrogens (tertiary/aromatic N) is 3. The number of ether oxygens (including phenoxy) is 1. The van der Waals surface area contributed by atoms with Crippen LogP contribution < -0.4 is 4.74 Å². The summed E-state index contributed by atoms with van der Waals surface area (Å²) < 4.78 is 5.12. The summed E-state index contributed by atoms with van der Waals surface area (Å²) in [6.45, 7) is -0.726. The van der Waals surface area contributed by atoms with Crippen LogP contribution in [0, 0.1) is 10.1 Å². The van der Waals surface area contributed by atoms with E-state index in [1.165, 1.54) is 49.6 Å². The maximum Gasteiger partial charge on any atom is 0.287 e. The van der Waals surface area contributed by atoms with E-state index in [0.717, 1.165) is 6.07 Å². The third-order valence-electron chi connectivity index (χ3n) is 5.33. The van der Waals surface area contributed by atoms with Crippen LogP contribution >= 0.6 is 11.6 Å². The fraction of sp³-hybridized carbons (Fsp3) is 0.0833. The number of benzene rings is 3. The number of rotatable bonds is 7. The molecule has 3 amide bonds. The Bertz CT molecular complexity index is 1410. The van der Waals surface area contributed by atoms with Gasteiger partial charge in [-0.2, -0.15) is 5.01 Å². The Hall–Kier alpha value is -4.57. The Morgan fingerprint density at radius 2 is 1.74 bits per heavy atom. The van der Waals surface area contributed by atoms with E-state index in [1.807, 2.05) is 0 Å². The highest BCUT2D eigenvalue weighted by atomic mass is 35.5. The summed E-state index contributed by atoms with van der Waals surface area (Å²) in [5.41, 5.74) is -1.22. The molecule has 10 nitrogen and oxygen atoms in total. The predicted octanol–water partition coefficient (Wildman–Crippen LogP) is 3.79. The van der Waals surface area contributed by atoms with Crippen molar-refractivity contribution in [2.75, 3.05) is 13.7 Å². The van der Waals surface area contributed by atoms with Crippen molar-refractivity contribution < 1.29 is 28.8 Å². The molecule has 0 saturated carbocycles. The maximum absolute atomic E-state index is 13.5. The normalized spacial score (nSPS) is 12.3. The molecule has 0 N–H and O–H groups in total. The molecule has 176 valence electrons. The van der Waals surface area contributed by atoms with Gasteiger partial charge in [-0.1, -0.05) is 41.9 Å². The number of methoxy groups -OCH3 is 1. The number of halogens is 1. The number of amides is 3. The molecule has 0 atom stereocenters. The van der Waals surface area contributed by atoms with Gasteiger partial charge >= 0.3 is 0 Å². The van der Waals surface area contributed by atoms with Crippen LogP contribution in [0.2, 0.25) is 5.02 Å². The van der Waals surface area contributed by atoms with Crippen LogP contribution in [-0.4, -0.2) is 52.1 Å². The first-order chi connectivity index (χ1) is 16.7. The highest BCUT2D eigenvalue weighted by molar-refractivity contribution is 6.34. The summed E-state index contributed by atoms with van der Waals surface area (Å²) in [7, 11) is 1.42. The second-order valence-electron chi connectivity index (χ2n) is 7.38. The van der Waals surface area contributed by atoms with E-state index in [9.17, 15) is 29.3 Å². The highest BCUT2D eigenvalue weighted by Crippen LogP contribution is 2.33. The van der Waals surface area contributed by atoms with Gasteiger partial charge in [-0.15, -0.1) is 0 Å². The van der Waals surface area contributed by atoms with E-state index in [1.54, 1.807) is 18.2 Å².